The van der Waals surface area contributed by atoms with E-state index in [4.69, 9.17) is 4.98 Å². The molecule has 1 aromatic carbocycles. The van der Waals surface area contributed by atoms with Crippen molar-refractivity contribution in [2.24, 2.45) is 0 Å². The predicted octanol–water partition coefficient (Wildman–Crippen LogP) is 2.72. The van der Waals surface area contributed by atoms with Crippen LogP contribution in [-0.4, -0.2) is 57.4 Å². The molecule has 0 spiro atoms. The number of aromatic nitrogens is 4. The van der Waals surface area contributed by atoms with Crippen LogP contribution in [0.4, 0.5) is 5.82 Å². The summed E-state index contributed by atoms with van der Waals surface area (Å²) < 4.78 is 2.09. The second-order valence-electron chi connectivity index (χ2n) is 6.82. The van der Waals surface area contributed by atoms with Crippen molar-refractivity contribution in [1.82, 2.24) is 24.6 Å². The van der Waals surface area contributed by atoms with Crippen molar-refractivity contribution in [1.29, 1.82) is 0 Å². The topological polar surface area (TPSA) is 50.1 Å². The Morgan fingerprint density at radius 2 is 1.74 bits per heavy atom. The number of rotatable bonds is 6. The van der Waals surface area contributed by atoms with Crippen molar-refractivity contribution < 1.29 is 0 Å². The molecule has 6 nitrogen and oxygen atoms in total. The Hall–Kier alpha value is -2.73. The summed E-state index contributed by atoms with van der Waals surface area (Å²) in [6.07, 6.45) is 4.82. The van der Waals surface area contributed by atoms with Crippen molar-refractivity contribution in [3.8, 4) is 11.4 Å². The maximum absolute atomic E-state index is 4.79. The summed E-state index contributed by atoms with van der Waals surface area (Å²) in [7, 11) is 0. The zero-order valence-electron chi connectivity index (χ0n) is 15.8. The molecule has 1 fully saturated rings. The lowest BCUT2D eigenvalue weighted by molar-refractivity contribution is 0.258. The van der Waals surface area contributed by atoms with Crippen molar-refractivity contribution in [2.75, 3.05) is 37.6 Å². The molecule has 140 valence electrons. The largest absolute Gasteiger partial charge is 0.354 e. The third kappa shape index (κ3) is 4.17. The van der Waals surface area contributed by atoms with Crippen molar-refractivity contribution in [3.63, 3.8) is 0 Å². The molecule has 27 heavy (non-hydrogen) atoms. The number of aryl methyl sites for hydroxylation is 1. The summed E-state index contributed by atoms with van der Waals surface area (Å²) in [6.45, 7) is 8.28. The van der Waals surface area contributed by atoms with E-state index in [1.54, 1.807) is 0 Å². The Morgan fingerprint density at radius 1 is 0.926 bits per heavy atom. The van der Waals surface area contributed by atoms with Crippen LogP contribution in [0.25, 0.3) is 11.4 Å². The van der Waals surface area contributed by atoms with Gasteiger partial charge in [0.25, 0.3) is 0 Å². The lowest BCUT2D eigenvalue weighted by Crippen LogP contribution is -2.47. The molecule has 0 aliphatic carbocycles. The monoisotopic (exact) mass is 362 g/mol. The zero-order chi connectivity index (χ0) is 18.5. The third-order valence-corrected chi connectivity index (χ3v) is 5.16. The average Bonchev–Trinajstić information content (AvgIpc) is 3.21. The quantitative estimate of drug-likeness (QED) is 0.675. The summed E-state index contributed by atoms with van der Waals surface area (Å²) in [5.74, 6) is 1.82. The normalized spacial score (nSPS) is 15.2. The smallest absolute Gasteiger partial charge is 0.161 e. The number of benzene rings is 1. The van der Waals surface area contributed by atoms with Crippen LogP contribution in [-0.2, 0) is 13.0 Å². The van der Waals surface area contributed by atoms with Crippen LogP contribution in [0.5, 0.6) is 0 Å². The first kappa shape index (κ1) is 17.7. The van der Waals surface area contributed by atoms with E-state index < -0.39 is 0 Å². The number of anilines is 1. The number of hydrogen-bond acceptors (Lipinski definition) is 5. The first-order chi connectivity index (χ1) is 13.3. The van der Waals surface area contributed by atoms with E-state index in [-0.39, 0.29) is 0 Å². The fourth-order valence-corrected chi connectivity index (χ4v) is 3.58. The van der Waals surface area contributed by atoms with Crippen LogP contribution in [0.3, 0.4) is 0 Å². The van der Waals surface area contributed by atoms with Crippen molar-refractivity contribution >= 4 is 5.82 Å². The highest BCUT2D eigenvalue weighted by Crippen LogP contribution is 2.19. The van der Waals surface area contributed by atoms with E-state index in [9.17, 15) is 0 Å². The molecular weight excluding hydrogens is 336 g/mol. The van der Waals surface area contributed by atoms with Crippen LogP contribution < -0.4 is 4.90 Å². The van der Waals surface area contributed by atoms with E-state index in [1.807, 2.05) is 36.7 Å². The van der Waals surface area contributed by atoms with E-state index in [2.05, 4.69) is 49.7 Å². The van der Waals surface area contributed by atoms with Gasteiger partial charge in [-0.1, -0.05) is 30.3 Å². The Balaban J connectivity index is 1.34. The van der Waals surface area contributed by atoms with Crippen LogP contribution in [0, 0.1) is 0 Å². The lowest BCUT2D eigenvalue weighted by atomic mass is 10.2. The Labute approximate surface area is 160 Å². The van der Waals surface area contributed by atoms with Gasteiger partial charge in [0.1, 0.15) is 5.82 Å². The minimum Gasteiger partial charge on any atom is -0.354 e. The van der Waals surface area contributed by atoms with Gasteiger partial charge >= 0.3 is 0 Å². The molecule has 4 rings (SSSR count). The molecule has 1 aliphatic rings. The van der Waals surface area contributed by atoms with Gasteiger partial charge < -0.3 is 4.90 Å². The van der Waals surface area contributed by atoms with Crippen molar-refractivity contribution in [2.45, 2.75) is 19.9 Å². The van der Waals surface area contributed by atoms with Crippen LogP contribution in [0.15, 0.2) is 54.9 Å². The van der Waals surface area contributed by atoms with E-state index in [1.165, 1.54) is 5.69 Å². The van der Waals surface area contributed by atoms with Gasteiger partial charge in [0.2, 0.25) is 0 Å². The molecule has 0 unspecified atom stereocenters. The third-order valence-electron chi connectivity index (χ3n) is 5.16. The highest BCUT2D eigenvalue weighted by atomic mass is 15.3. The molecule has 0 radical (unpaired) electrons. The second-order valence-corrected chi connectivity index (χ2v) is 6.82. The SMILES string of the molecule is CCn1nccc1CCN1CCN(c2ccnc(-c3ccccc3)n2)CC1. The zero-order valence-corrected chi connectivity index (χ0v) is 15.8. The van der Waals surface area contributed by atoms with Crippen molar-refractivity contribution in [3.05, 3.63) is 60.6 Å². The van der Waals surface area contributed by atoms with E-state index in [0.29, 0.717) is 0 Å². The number of nitrogens with zero attached hydrogens (tertiary/aromatic N) is 6. The first-order valence-electron chi connectivity index (χ1n) is 9.70. The summed E-state index contributed by atoms with van der Waals surface area (Å²) >= 11 is 0. The van der Waals surface area contributed by atoms with Gasteiger partial charge in [0, 0.05) is 69.3 Å². The summed E-state index contributed by atoms with van der Waals surface area (Å²) in [5.41, 5.74) is 2.38. The van der Waals surface area contributed by atoms with Gasteiger partial charge in [-0.05, 0) is 19.1 Å². The average molecular weight is 362 g/mol. The molecule has 6 heteroatoms. The number of hydrogen-bond donors (Lipinski definition) is 0. The molecular formula is C21H26N6. The van der Waals surface area contributed by atoms with E-state index >= 15 is 0 Å². The number of piperazine rings is 1. The van der Waals surface area contributed by atoms with Gasteiger partial charge in [-0.3, -0.25) is 9.58 Å². The predicted molar refractivity (Wildman–Crippen MR) is 108 cm³/mol. The molecule has 3 heterocycles. The Bertz CT molecular complexity index is 852. The molecule has 0 atom stereocenters. The van der Waals surface area contributed by atoms with Gasteiger partial charge in [0.15, 0.2) is 5.82 Å². The van der Waals surface area contributed by atoms with Crippen LogP contribution in [0.1, 0.15) is 12.6 Å². The van der Waals surface area contributed by atoms with Crippen LogP contribution >= 0.6 is 0 Å². The maximum Gasteiger partial charge on any atom is 0.161 e. The maximum atomic E-state index is 4.79. The molecule has 0 N–H and O–H groups in total. The van der Waals surface area contributed by atoms with Gasteiger partial charge in [-0.2, -0.15) is 5.10 Å². The first-order valence-corrected chi connectivity index (χ1v) is 9.70. The summed E-state index contributed by atoms with van der Waals surface area (Å²) in [4.78, 5) is 14.1. The van der Waals surface area contributed by atoms with Crippen LogP contribution in [0.2, 0.25) is 0 Å². The summed E-state index contributed by atoms with van der Waals surface area (Å²) in [5, 5.41) is 4.36. The highest BCUT2D eigenvalue weighted by Gasteiger charge is 2.18. The lowest BCUT2D eigenvalue weighted by Gasteiger charge is -2.35. The second kappa shape index (κ2) is 8.31. The molecule has 0 bridgehead atoms. The Morgan fingerprint density at radius 3 is 2.52 bits per heavy atom. The minimum atomic E-state index is 0.795. The van der Waals surface area contributed by atoms with E-state index in [0.717, 1.165) is 62.9 Å². The fraction of sp³-hybridized carbons (Fsp3) is 0.381. The molecule has 3 aromatic rings. The highest BCUT2D eigenvalue weighted by molar-refractivity contribution is 5.57. The molecule has 2 aromatic heterocycles. The fourth-order valence-electron chi connectivity index (χ4n) is 3.58. The van der Waals surface area contributed by atoms with Gasteiger partial charge in [-0.15, -0.1) is 0 Å². The molecule has 0 amide bonds. The van der Waals surface area contributed by atoms with Gasteiger partial charge in [0.05, 0.1) is 0 Å². The summed E-state index contributed by atoms with van der Waals surface area (Å²) in [6, 6.07) is 14.3. The molecule has 0 saturated carbocycles. The Kier molecular flexibility index (Phi) is 5.44. The standard InChI is InChI=1S/C21H26N6/c1-2-27-19(8-12-23-27)10-13-25-14-16-26(17-15-25)20-9-11-22-21(24-20)18-6-4-3-5-7-18/h3-9,11-12H,2,10,13-17H2,1H3. The molecule has 1 saturated heterocycles. The minimum absolute atomic E-state index is 0.795. The van der Waals surface area contributed by atoms with Gasteiger partial charge in [-0.25, -0.2) is 9.97 Å². The molecule has 1 aliphatic heterocycles.